The van der Waals surface area contributed by atoms with Crippen LogP contribution in [0.15, 0.2) is 36.5 Å². The van der Waals surface area contributed by atoms with Crippen molar-refractivity contribution in [3.8, 4) is 0 Å². The minimum atomic E-state index is -0.384. The number of anilines is 1. The van der Waals surface area contributed by atoms with E-state index in [1.807, 2.05) is 0 Å². The van der Waals surface area contributed by atoms with E-state index in [0.29, 0.717) is 5.56 Å². The molecule has 0 amide bonds. The van der Waals surface area contributed by atoms with Crippen molar-refractivity contribution in [2.75, 3.05) is 5.73 Å². The number of ketones is 1. The van der Waals surface area contributed by atoms with E-state index in [1.54, 1.807) is 12.1 Å². The van der Waals surface area contributed by atoms with E-state index in [2.05, 4.69) is 4.98 Å². The van der Waals surface area contributed by atoms with Crippen molar-refractivity contribution in [2.45, 2.75) is 6.42 Å². The quantitative estimate of drug-likeness (QED) is 0.685. The van der Waals surface area contributed by atoms with Crippen LogP contribution in [0.4, 0.5) is 10.1 Å². The van der Waals surface area contributed by atoms with E-state index in [9.17, 15) is 9.18 Å². The van der Waals surface area contributed by atoms with E-state index < -0.39 is 0 Å². The van der Waals surface area contributed by atoms with E-state index in [0.717, 1.165) is 0 Å². The number of carbonyl (C=O) groups excluding carboxylic acids is 1. The monoisotopic (exact) mass is 264 g/mol. The molecule has 0 aliphatic rings. The SMILES string of the molecule is Nc1ccnc(Cl)c1C(=O)Cc1cccc(F)c1. The second kappa shape index (κ2) is 5.14. The largest absolute Gasteiger partial charge is 0.398 e. The van der Waals surface area contributed by atoms with Crippen LogP contribution in [0.5, 0.6) is 0 Å². The lowest BCUT2D eigenvalue weighted by Gasteiger charge is -2.06. The highest BCUT2D eigenvalue weighted by Crippen LogP contribution is 2.21. The summed E-state index contributed by atoms with van der Waals surface area (Å²) in [6, 6.07) is 7.34. The number of hydrogen-bond donors (Lipinski definition) is 1. The van der Waals surface area contributed by atoms with Crippen molar-refractivity contribution in [1.82, 2.24) is 4.98 Å². The summed E-state index contributed by atoms with van der Waals surface area (Å²) in [7, 11) is 0. The van der Waals surface area contributed by atoms with Gasteiger partial charge in [-0.3, -0.25) is 4.79 Å². The van der Waals surface area contributed by atoms with Crippen LogP contribution in [-0.4, -0.2) is 10.8 Å². The van der Waals surface area contributed by atoms with Gasteiger partial charge < -0.3 is 5.73 Å². The molecule has 0 radical (unpaired) electrons. The predicted molar refractivity (Wildman–Crippen MR) is 68.1 cm³/mol. The number of hydrogen-bond acceptors (Lipinski definition) is 3. The van der Waals surface area contributed by atoms with Gasteiger partial charge in [-0.2, -0.15) is 0 Å². The molecule has 0 atom stereocenters. The van der Waals surface area contributed by atoms with E-state index in [1.165, 1.54) is 24.4 Å². The summed E-state index contributed by atoms with van der Waals surface area (Å²) in [5.74, 6) is -0.665. The predicted octanol–water partition coefficient (Wildman–Crippen LogP) is 2.88. The van der Waals surface area contributed by atoms with Gasteiger partial charge >= 0.3 is 0 Å². The van der Waals surface area contributed by atoms with Crippen LogP contribution in [0, 0.1) is 5.82 Å². The fraction of sp³-hybridized carbons (Fsp3) is 0.0769. The van der Waals surface area contributed by atoms with Crippen LogP contribution in [0.3, 0.4) is 0 Å². The number of nitrogens with two attached hydrogens (primary N) is 1. The van der Waals surface area contributed by atoms with Gasteiger partial charge in [0.1, 0.15) is 11.0 Å². The molecule has 3 nitrogen and oxygen atoms in total. The summed E-state index contributed by atoms with van der Waals surface area (Å²) < 4.78 is 13.0. The number of aromatic nitrogens is 1. The third-order valence-corrected chi connectivity index (χ3v) is 2.76. The van der Waals surface area contributed by atoms with Gasteiger partial charge in [-0.25, -0.2) is 9.37 Å². The molecule has 2 N–H and O–H groups in total. The van der Waals surface area contributed by atoms with Crippen molar-refractivity contribution in [2.24, 2.45) is 0 Å². The average molecular weight is 265 g/mol. The standard InChI is InChI=1S/C13H10ClFN2O/c14-13-12(10(16)4-5-17-13)11(18)7-8-2-1-3-9(15)6-8/h1-6H,7H2,(H2,16,17). The summed E-state index contributed by atoms with van der Waals surface area (Å²) in [5, 5.41) is 0.0661. The highest BCUT2D eigenvalue weighted by atomic mass is 35.5. The number of pyridine rings is 1. The molecular weight excluding hydrogens is 255 g/mol. The van der Waals surface area contributed by atoms with Crippen LogP contribution in [0.25, 0.3) is 0 Å². The minimum absolute atomic E-state index is 0.0351. The number of benzene rings is 1. The smallest absolute Gasteiger partial charge is 0.172 e. The molecule has 18 heavy (non-hydrogen) atoms. The lowest BCUT2D eigenvalue weighted by Crippen LogP contribution is -2.08. The molecule has 0 fully saturated rings. The lowest BCUT2D eigenvalue weighted by molar-refractivity contribution is 0.0993. The van der Waals surface area contributed by atoms with Crippen molar-refractivity contribution in [1.29, 1.82) is 0 Å². The van der Waals surface area contributed by atoms with Gasteiger partial charge in [-0.1, -0.05) is 23.7 Å². The lowest BCUT2D eigenvalue weighted by atomic mass is 10.0. The van der Waals surface area contributed by atoms with Crippen molar-refractivity contribution in [3.05, 3.63) is 58.6 Å². The molecular formula is C13H10ClFN2O. The first kappa shape index (κ1) is 12.5. The Hall–Kier alpha value is -1.94. The normalized spacial score (nSPS) is 10.3. The van der Waals surface area contributed by atoms with Gasteiger partial charge in [-0.15, -0.1) is 0 Å². The summed E-state index contributed by atoms with van der Waals surface area (Å²) in [5.41, 5.74) is 6.71. The molecule has 1 aromatic carbocycles. The second-order valence-electron chi connectivity index (χ2n) is 3.80. The fourth-order valence-electron chi connectivity index (χ4n) is 1.65. The molecule has 1 heterocycles. The van der Waals surface area contributed by atoms with Crippen LogP contribution >= 0.6 is 11.6 Å². The van der Waals surface area contributed by atoms with Crippen LogP contribution in [0.2, 0.25) is 5.15 Å². The first-order valence-corrected chi connectivity index (χ1v) is 5.63. The van der Waals surface area contributed by atoms with Crippen LogP contribution < -0.4 is 5.73 Å². The Morgan fingerprint density at radius 1 is 1.39 bits per heavy atom. The maximum atomic E-state index is 13.0. The van der Waals surface area contributed by atoms with Gasteiger partial charge in [0.05, 0.1) is 5.56 Å². The maximum absolute atomic E-state index is 13.0. The number of Topliss-reactive ketones (excluding diaryl/α,β-unsaturated/α-hetero) is 1. The van der Waals surface area contributed by atoms with Gasteiger partial charge in [0.15, 0.2) is 5.78 Å². The molecule has 0 unspecified atom stereocenters. The van der Waals surface area contributed by atoms with Crippen molar-refractivity contribution < 1.29 is 9.18 Å². The highest BCUT2D eigenvalue weighted by molar-refractivity contribution is 6.33. The highest BCUT2D eigenvalue weighted by Gasteiger charge is 2.15. The summed E-state index contributed by atoms with van der Waals surface area (Å²) in [4.78, 5) is 15.9. The molecule has 0 saturated carbocycles. The Bertz CT molecular complexity index is 581. The Morgan fingerprint density at radius 2 is 2.17 bits per heavy atom. The maximum Gasteiger partial charge on any atom is 0.172 e. The number of nitrogens with zero attached hydrogens (tertiary/aromatic N) is 1. The Balaban J connectivity index is 2.28. The van der Waals surface area contributed by atoms with Crippen molar-refractivity contribution >= 4 is 23.1 Å². The summed E-state index contributed by atoms with van der Waals surface area (Å²) >= 11 is 5.84. The average Bonchev–Trinajstić information content (AvgIpc) is 2.28. The molecule has 0 aliphatic heterocycles. The Morgan fingerprint density at radius 3 is 2.83 bits per heavy atom. The molecule has 0 saturated heterocycles. The summed E-state index contributed by atoms with van der Waals surface area (Å²) in [6.07, 6.45) is 1.46. The van der Waals surface area contributed by atoms with E-state index in [4.69, 9.17) is 17.3 Å². The summed E-state index contributed by atoms with van der Waals surface area (Å²) in [6.45, 7) is 0. The number of nitrogen functional groups attached to an aromatic ring is 1. The number of carbonyl (C=O) groups is 1. The Labute approximate surface area is 108 Å². The fourth-order valence-corrected chi connectivity index (χ4v) is 1.92. The zero-order chi connectivity index (χ0) is 13.1. The molecule has 1 aromatic heterocycles. The first-order valence-electron chi connectivity index (χ1n) is 5.25. The van der Waals surface area contributed by atoms with Gasteiger partial charge in [0.2, 0.25) is 0 Å². The molecule has 2 rings (SSSR count). The Kier molecular flexibility index (Phi) is 3.58. The van der Waals surface area contributed by atoms with Gasteiger partial charge in [0.25, 0.3) is 0 Å². The second-order valence-corrected chi connectivity index (χ2v) is 4.15. The zero-order valence-electron chi connectivity index (χ0n) is 9.36. The van der Waals surface area contributed by atoms with Gasteiger partial charge in [0, 0.05) is 18.3 Å². The van der Waals surface area contributed by atoms with Crippen molar-refractivity contribution in [3.63, 3.8) is 0 Å². The van der Waals surface area contributed by atoms with Crippen LogP contribution in [-0.2, 0) is 6.42 Å². The molecule has 2 aromatic rings. The topological polar surface area (TPSA) is 56.0 Å². The molecule has 92 valence electrons. The third-order valence-electron chi connectivity index (χ3n) is 2.47. The molecule has 0 aliphatic carbocycles. The molecule has 0 spiro atoms. The molecule has 5 heteroatoms. The van der Waals surface area contributed by atoms with E-state index in [-0.39, 0.29) is 34.4 Å². The zero-order valence-corrected chi connectivity index (χ0v) is 10.1. The number of halogens is 2. The van der Waals surface area contributed by atoms with Gasteiger partial charge in [-0.05, 0) is 23.8 Å². The number of rotatable bonds is 3. The first-order chi connectivity index (χ1) is 8.58. The van der Waals surface area contributed by atoms with E-state index >= 15 is 0 Å². The molecule has 0 bridgehead atoms. The minimum Gasteiger partial charge on any atom is -0.398 e. The third kappa shape index (κ3) is 2.65. The van der Waals surface area contributed by atoms with Crippen LogP contribution in [0.1, 0.15) is 15.9 Å².